The van der Waals surface area contributed by atoms with Gasteiger partial charge in [-0.05, 0) is 12.8 Å². The summed E-state index contributed by atoms with van der Waals surface area (Å²) in [5.41, 5.74) is 0. The lowest BCUT2D eigenvalue weighted by Crippen LogP contribution is -2.37. The van der Waals surface area contributed by atoms with Gasteiger partial charge in [0.25, 0.3) is 0 Å². The van der Waals surface area contributed by atoms with Crippen molar-refractivity contribution in [2.75, 3.05) is 20.6 Å². The molecule has 0 fully saturated rings. The van der Waals surface area contributed by atoms with Crippen LogP contribution in [0.15, 0.2) is 0 Å². The number of nitrogens with zero attached hydrogens (tertiary/aromatic N) is 1. The smallest absolute Gasteiger partial charge is 0.349 e. The van der Waals surface area contributed by atoms with Crippen molar-refractivity contribution in [3.8, 4) is 0 Å². The molecular formula is C9H15F3N2O2. The average molecular weight is 240 g/mol. The Morgan fingerprint density at radius 3 is 2.19 bits per heavy atom. The molecule has 0 aliphatic heterocycles. The number of unbranched alkanes of at least 4 members (excludes halogenated alkanes) is 1. The number of hydrogen-bond donors (Lipinski definition) is 1. The Bertz CT molecular complexity index is 252. The lowest BCUT2D eigenvalue weighted by molar-refractivity contribution is -0.173. The molecule has 2 amide bonds. The maximum atomic E-state index is 11.7. The molecule has 0 saturated heterocycles. The van der Waals surface area contributed by atoms with Crippen molar-refractivity contribution in [2.45, 2.75) is 25.4 Å². The zero-order valence-electron chi connectivity index (χ0n) is 9.23. The first-order valence-electron chi connectivity index (χ1n) is 4.80. The molecule has 0 radical (unpaired) electrons. The Hall–Kier alpha value is -1.27. The highest BCUT2D eigenvalue weighted by Gasteiger charge is 2.38. The molecule has 0 heterocycles. The molecule has 4 nitrogen and oxygen atoms in total. The first-order chi connectivity index (χ1) is 7.25. The van der Waals surface area contributed by atoms with E-state index < -0.39 is 12.1 Å². The van der Waals surface area contributed by atoms with E-state index in [1.807, 2.05) is 0 Å². The molecule has 1 N–H and O–H groups in total. The second-order valence-electron chi connectivity index (χ2n) is 3.50. The maximum Gasteiger partial charge on any atom is 0.471 e. The van der Waals surface area contributed by atoms with Crippen molar-refractivity contribution in [1.29, 1.82) is 0 Å². The number of nitrogens with one attached hydrogen (secondary N) is 1. The third kappa shape index (κ3) is 6.26. The summed E-state index contributed by atoms with van der Waals surface area (Å²) in [6.45, 7) is -0.0704. The Morgan fingerprint density at radius 1 is 1.19 bits per heavy atom. The van der Waals surface area contributed by atoms with E-state index in [9.17, 15) is 22.8 Å². The van der Waals surface area contributed by atoms with E-state index in [1.54, 1.807) is 19.4 Å². The summed E-state index contributed by atoms with van der Waals surface area (Å²) < 4.78 is 35.2. The number of hydrogen-bond acceptors (Lipinski definition) is 2. The van der Waals surface area contributed by atoms with Crippen LogP contribution in [-0.2, 0) is 9.59 Å². The van der Waals surface area contributed by atoms with Crippen molar-refractivity contribution < 1.29 is 22.8 Å². The van der Waals surface area contributed by atoms with E-state index in [1.165, 1.54) is 4.90 Å². The van der Waals surface area contributed by atoms with Gasteiger partial charge in [0.05, 0.1) is 0 Å². The molecule has 0 rings (SSSR count). The van der Waals surface area contributed by atoms with Gasteiger partial charge in [-0.25, -0.2) is 0 Å². The monoisotopic (exact) mass is 240 g/mol. The summed E-state index contributed by atoms with van der Waals surface area (Å²) in [7, 11) is 3.21. The highest BCUT2D eigenvalue weighted by atomic mass is 19.4. The lowest BCUT2D eigenvalue weighted by atomic mass is 10.2. The van der Waals surface area contributed by atoms with Gasteiger partial charge in [-0.3, -0.25) is 9.59 Å². The molecule has 0 atom stereocenters. The summed E-state index contributed by atoms with van der Waals surface area (Å²) in [5, 5.41) is 1.74. The van der Waals surface area contributed by atoms with Crippen LogP contribution >= 0.6 is 0 Å². The van der Waals surface area contributed by atoms with Gasteiger partial charge >= 0.3 is 12.1 Å². The molecule has 94 valence electrons. The SMILES string of the molecule is CN(C)C(=O)CCCCNC(=O)C(F)(F)F. The summed E-state index contributed by atoms with van der Waals surface area (Å²) in [5.74, 6) is -2.02. The highest BCUT2D eigenvalue weighted by Crippen LogP contribution is 2.13. The number of carbonyl (C=O) groups excluding carboxylic acids is 2. The third-order valence-corrected chi connectivity index (χ3v) is 1.86. The molecule has 0 spiro atoms. The minimum absolute atomic E-state index is 0.0704. The van der Waals surface area contributed by atoms with E-state index in [0.717, 1.165) is 0 Å². The van der Waals surface area contributed by atoms with Gasteiger partial charge in [0.1, 0.15) is 0 Å². The van der Waals surface area contributed by atoms with E-state index in [4.69, 9.17) is 0 Å². The normalized spacial score (nSPS) is 11.1. The standard InChI is InChI=1S/C9H15F3N2O2/c1-14(2)7(15)5-3-4-6-13-8(16)9(10,11)12/h3-6H2,1-2H3,(H,13,16). The van der Waals surface area contributed by atoms with Gasteiger partial charge in [-0.15, -0.1) is 0 Å². The highest BCUT2D eigenvalue weighted by molar-refractivity contribution is 5.81. The van der Waals surface area contributed by atoms with Crippen molar-refractivity contribution in [3.63, 3.8) is 0 Å². The van der Waals surface area contributed by atoms with Crippen LogP contribution in [0.2, 0.25) is 0 Å². The predicted octanol–water partition coefficient (Wildman–Crippen LogP) is 0.923. The van der Waals surface area contributed by atoms with Crippen molar-refractivity contribution in [3.05, 3.63) is 0 Å². The summed E-state index contributed by atoms with van der Waals surface area (Å²) in [6, 6.07) is 0. The van der Waals surface area contributed by atoms with E-state index in [0.29, 0.717) is 12.8 Å². The largest absolute Gasteiger partial charge is 0.471 e. The maximum absolute atomic E-state index is 11.7. The number of halogens is 3. The van der Waals surface area contributed by atoms with Crippen LogP contribution in [0.5, 0.6) is 0 Å². The van der Waals surface area contributed by atoms with Crippen molar-refractivity contribution in [1.82, 2.24) is 10.2 Å². The van der Waals surface area contributed by atoms with Gasteiger partial charge in [0.2, 0.25) is 5.91 Å². The van der Waals surface area contributed by atoms with Crippen LogP contribution in [0, 0.1) is 0 Å². The molecule has 0 aromatic rings. The molecule has 0 bridgehead atoms. The first-order valence-corrected chi connectivity index (χ1v) is 4.80. The molecule has 0 aromatic heterocycles. The lowest BCUT2D eigenvalue weighted by Gasteiger charge is -2.10. The fourth-order valence-electron chi connectivity index (χ4n) is 0.927. The number of amides is 2. The first kappa shape index (κ1) is 14.7. The van der Waals surface area contributed by atoms with E-state index in [2.05, 4.69) is 0 Å². The van der Waals surface area contributed by atoms with Crippen LogP contribution in [0.1, 0.15) is 19.3 Å². The summed E-state index contributed by atoms with van der Waals surface area (Å²) >= 11 is 0. The summed E-state index contributed by atoms with van der Waals surface area (Å²) in [6.07, 6.45) is -3.76. The van der Waals surface area contributed by atoms with Gasteiger partial charge < -0.3 is 10.2 Å². The molecule has 16 heavy (non-hydrogen) atoms. The molecule has 0 unspecified atom stereocenters. The zero-order chi connectivity index (χ0) is 12.8. The van der Waals surface area contributed by atoms with Crippen LogP contribution < -0.4 is 5.32 Å². The molecule has 0 saturated carbocycles. The van der Waals surface area contributed by atoms with Gasteiger partial charge in [0.15, 0.2) is 0 Å². The molecule has 0 aliphatic carbocycles. The predicted molar refractivity (Wildman–Crippen MR) is 51.6 cm³/mol. The van der Waals surface area contributed by atoms with Gasteiger partial charge in [-0.1, -0.05) is 0 Å². The number of alkyl halides is 3. The topological polar surface area (TPSA) is 49.4 Å². The van der Waals surface area contributed by atoms with Crippen LogP contribution in [-0.4, -0.2) is 43.5 Å². The Balaban J connectivity index is 3.56. The molecule has 7 heteroatoms. The quantitative estimate of drug-likeness (QED) is 0.726. The summed E-state index contributed by atoms with van der Waals surface area (Å²) in [4.78, 5) is 22.8. The minimum atomic E-state index is -4.83. The van der Waals surface area contributed by atoms with E-state index >= 15 is 0 Å². The minimum Gasteiger partial charge on any atom is -0.349 e. The fourth-order valence-corrected chi connectivity index (χ4v) is 0.927. The number of rotatable bonds is 5. The molecule has 0 aliphatic rings. The Labute approximate surface area is 91.8 Å². The van der Waals surface area contributed by atoms with Gasteiger partial charge in [-0.2, -0.15) is 13.2 Å². The van der Waals surface area contributed by atoms with Crippen molar-refractivity contribution in [2.24, 2.45) is 0 Å². The molecular weight excluding hydrogens is 225 g/mol. The zero-order valence-corrected chi connectivity index (χ0v) is 9.23. The van der Waals surface area contributed by atoms with Crippen LogP contribution in [0.3, 0.4) is 0 Å². The van der Waals surface area contributed by atoms with Crippen LogP contribution in [0.25, 0.3) is 0 Å². The molecule has 0 aromatic carbocycles. The second kappa shape index (κ2) is 6.34. The van der Waals surface area contributed by atoms with Crippen LogP contribution in [0.4, 0.5) is 13.2 Å². The Morgan fingerprint density at radius 2 is 1.75 bits per heavy atom. The van der Waals surface area contributed by atoms with E-state index in [-0.39, 0.29) is 18.9 Å². The third-order valence-electron chi connectivity index (χ3n) is 1.86. The Kier molecular flexibility index (Phi) is 5.84. The van der Waals surface area contributed by atoms with Gasteiger partial charge in [0, 0.05) is 27.1 Å². The fraction of sp³-hybridized carbons (Fsp3) is 0.778. The second-order valence-corrected chi connectivity index (χ2v) is 3.50. The number of carbonyl (C=O) groups is 2. The van der Waals surface area contributed by atoms with Crippen molar-refractivity contribution >= 4 is 11.8 Å². The average Bonchev–Trinajstić information content (AvgIpc) is 2.14.